The second-order valence-electron chi connectivity index (χ2n) is 7.02. The van der Waals surface area contributed by atoms with Crippen LogP contribution in [-0.2, 0) is 13.1 Å². The molecule has 0 amide bonds. The van der Waals surface area contributed by atoms with E-state index in [9.17, 15) is 0 Å². The first-order valence-electron chi connectivity index (χ1n) is 9.33. The summed E-state index contributed by atoms with van der Waals surface area (Å²) in [5.41, 5.74) is 4.59. The van der Waals surface area contributed by atoms with Crippen molar-refractivity contribution >= 4 is 34.6 Å². The third-order valence-electron chi connectivity index (χ3n) is 5.01. The maximum Gasteiger partial charge on any atom is 0.171 e. The normalized spacial score (nSPS) is 14.8. The molecule has 26 heavy (non-hydrogen) atoms. The summed E-state index contributed by atoms with van der Waals surface area (Å²) in [4.78, 5) is 1.71. The molecule has 0 aromatic heterocycles. The van der Waals surface area contributed by atoms with E-state index in [1.807, 2.05) is 25.1 Å². The Balaban J connectivity index is 1.48. The zero-order valence-electron chi connectivity index (χ0n) is 15.3. The quantitative estimate of drug-likeness (QED) is 0.682. The first-order valence-corrected chi connectivity index (χ1v) is 10.1. The smallest absolute Gasteiger partial charge is 0.171 e. The number of hydrogen-bond acceptors (Lipinski definition) is 1. The number of halogens is 1. The van der Waals surface area contributed by atoms with Gasteiger partial charge in [0.1, 0.15) is 6.54 Å². The van der Waals surface area contributed by atoms with E-state index in [4.69, 9.17) is 23.8 Å². The van der Waals surface area contributed by atoms with Crippen molar-refractivity contribution in [1.29, 1.82) is 0 Å². The van der Waals surface area contributed by atoms with E-state index >= 15 is 0 Å². The van der Waals surface area contributed by atoms with Gasteiger partial charge in [-0.3, -0.25) is 0 Å². The fraction of sp³-hybridized carbons (Fsp3) is 0.381. The lowest BCUT2D eigenvalue weighted by atomic mass is 10.1. The number of hydrogen-bond donors (Lipinski definition) is 3. The van der Waals surface area contributed by atoms with Gasteiger partial charge in [0.2, 0.25) is 0 Å². The highest BCUT2D eigenvalue weighted by molar-refractivity contribution is 7.80. The molecule has 0 aliphatic carbocycles. The van der Waals surface area contributed by atoms with Crippen LogP contribution in [0.25, 0.3) is 0 Å². The van der Waals surface area contributed by atoms with Gasteiger partial charge in [-0.2, -0.15) is 0 Å². The average molecular weight is 389 g/mol. The van der Waals surface area contributed by atoms with Crippen molar-refractivity contribution in [3.8, 4) is 0 Å². The second-order valence-corrected chi connectivity index (χ2v) is 7.84. The lowest BCUT2D eigenvalue weighted by Crippen LogP contribution is -3.11. The highest BCUT2D eigenvalue weighted by Crippen LogP contribution is 2.22. The third kappa shape index (κ3) is 5.44. The second kappa shape index (κ2) is 9.36. The molecule has 3 N–H and O–H groups in total. The number of rotatable bonds is 5. The molecule has 3 rings (SSSR count). The van der Waals surface area contributed by atoms with Crippen molar-refractivity contribution in [3.63, 3.8) is 0 Å². The molecule has 2 aromatic carbocycles. The van der Waals surface area contributed by atoms with Gasteiger partial charge in [-0.25, -0.2) is 0 Å². The fourth-order valence-electron chi connectivity index (χ4n) is 3.38. The summed E-state index contributed by atoms with van der Waals surface area (Å²) in [5, 5.41) is 7.83. The molecule has 0 radical (unpaired) electrons. The summed E-state index contributed by atoms with van der Waals surface area (Å²) >= 11 is 11.6. The Morgan fingerprint density at radius 3 is 2.46 bits per heavy atom. The molecule has 138 valence electrons. The fourth-order valence-corrected chi connectivity index (χ4v) is 3.74. The standard InChI is InChI=1S/C21H26ClN3S/c1-16-19(22)6-5-7-20(16)24-21(26)23-14-17-8-10-18(11-9-17)15-25-12-3-2-4-13-25/h5-11H,2-4,12-15H2,1H3,(H2,23,24,26)/p+1. The molecule has 0 unspecified atom stereocenters. The largest absolute Gasteiger partial charge is 0.358 e. The molecule has 0 spiro atoms. The molecule has 1 heterocycles. The molecule has 1 fully saturated rings. The predicted molar refractivity (Wildman–Crippen MR) is 114 cm³/mol. The van der Waals surface area contributed by atoms with Crippen LogP contribution >= 0.6 is 23.8 Å². The Labute approximate surface area is 166 Å². The summed E-state index contributed by atoms with van der Waals surface area (Å²) in [6, 6.07) is 14.7. The number of thiocarbonyl (C=S) groups is 1. The Bertz CT molecular complexity index is 739. The van der Waals surface area contributed by atoms with Gasteiger partial charge in [-0.15, -0.1) is 0 Å². The summed E-state index contributed by atoms with van der Waals surface area (Å²) in [6.07, 6.45) is 4.14. The molecule has 2 aromatic rings. The molecule has 1 aliphatic rings. The maximum absolute atomic E-state index is 6.15. The topological polar surface area (TPSA) is 28.5 Å². The van der Waals surface area contributed by atoms with Gasteiger partial charge in [-0.1, -0.05) is 41.9 Å². The van der Waals surface area contributed by atoms with Crippen molar-refractivity contribution in [1.82, 2.24) is 5.32 Å². The first kappa shape index (κ1) is 19.2. The first-order chi connectivity index (χ1) is 12.6. The maximum atomic E-state index is 6.15. The minimum absolute atomic E-state index is 0.609. The number of likely N-dealkylation sites (tertiary alicyclic amines) is 1. The summed E-state index contributed by atoms with van der Waals surface area (Å²) in [6.45, 7) is 6.46. The number of nitrogens with one attached hydrogen (secondary N) is 3. The van der Waals surface area contributed by atoms with Crippen LogP contribution in [0.3, 0.4) is 0 Å². The van der Waals surface area contributed by atoms with Crippen LogP contribution in [0.15, 0.2) is 42.5 Å². The molecular weight excluding hydrogens is 362 g/mol. The van der Waals surface area contributed by atoms with Gasteiger partial charge >= 0.3 is 0 Å². The number of quaternary nitrogens is 1. The molecular formula is C21H27ClN3S+. The van der Waals surface area contributed by atoms with Crippen LogP contribution in [0.1, 0.15) is 36.0 Å². The SMILES string of the molecule is Cc1c(Cl)cccc1NC(=S)NCc1ccc(C[NH+]2CCCCC2)cc1. The minimum Gasteiger partial charge on any atom is -0.358 e. The minimum atomic E-state index is 0.609. The van der Waals surface area contributed by atoms with E-state index in [0.717, 1.165) is 22.8 Å². The van der Waals surface area contributed by atoms with Crippen molar-refractivity contribution in [2.75, 3.05) is 18.4 Å². The molecule has 0 bridgehead atoms. The van der Waals surface area contributed by atoms with Crippen molar-refractivity contribution in [3.05, 3.63) is 64.2 Å². The highest BCUT2D eigenvalue weighted by Gasteiger charge is 2.13. The van der Waals surface area contributed by atoms with E-state index < -0.39 is 0 Å². The van der Waals surface area contributed by atoms with Crippen LogP contribution in [-0.4, -0.2) is 18.2 Å². The summed E-state index contributed by atoms with van der Waals surface area (Å²) < 4.78 is 0. The number of benzene rings is 2. The van der Waals surface area contributed by atoms with Gasteiger partial charge < -0.3 is 15.5 Å². The molecule has 1 saturated heterocycles. The van der Waals surface area contributed by atoms with Gasteiger partial charge in [0.05, 0.1) is 13.1 Å². The van der Waals surface area contributed by atoms with Gasteiger partial charge in [0.15, 0.2) is 5.11 Å². The Morgan fingerprint density at radius 1 is 1.04 bits per heavy atom. The van der Waals surface area contributed by atoms with Crippen LogP contribution in [0, 0.1) is 6.92 Å². The highest BCUT2D eigenvalue weighted by atomic mass is 35.5. The van der Waals surface area contributed by atoms with E-state index in [0.29, 0.717) is 11.7 Å². The van der Waals surface area contributed by atoms with Crippen molar-refractivity contribution < 1.29 is 4.90 Å². The van der Waals surface area contributed by atoms with Crippen molar-refractivity contribution in [2.45, 2.75) is 39.3 Å². The molecule has 5 heteroatoms. The van der Waals surface area contributed by atoms with Crippen LogP contribution in [0.2, 0.25) is 5.02 Å². The van der Waals surface area contributed by atoms with Crippen molar-refractivity contribution in [2.24, 2.45) is 0 Å². The predicted octanol–water partition coefficient (Wildman–Crippen LogP) is 3.70. The Morgan fingerprint density at radius 2 is 1.73 bits per heavy atom. The van der Waals surface area contributed by atoms with E-state index in [2.05, 4.69) is 34.9 Å². The van der Waals surface area contributed by atoms with Gasteiger partial charge in [-0.05, 0) is 61.7 Å². The number of piperidine rings is 1. The molecule has 0 saturated carbocycles. The van der Waals surface area contributed by atoms with Gasteiger partial charge in [0, 0.05) is 22.8 Å². The van der Waals surface area contributed by atoms with E-state index in [-0.39, 0.29) is 0 Å². The average Bonchev–Trinajstić information content (AvgIpc) is 2.66. The van der Waals surface area contributed by atoms with E-state index in [1.54, 1.807) is 4.90 Å². The molecule has 1 aliphatic heterocycles. The zero-order chi connectivity index (χ0) is 18.4. The Hall–Kier alpha value is -1.62. The monoisotopic (exact) mass is 388 g/mol. The van der Waals surface area contributed by atoms with Crippen LogP contribution in [0.5, 0.6) is 0 Å². The Kier molecular flexibility index (Phi) is 6.89. The molecule has 0 atom stereocenters. The zero-order valence-corrected chi connectivity index (χ0v) is 16.8. The van der Waals surface area contributed by atoms with Crippen LogP contribution < -0.4 is 15.5 Å². The lowest BCUT2D eigenvalue weighted by molar-refractivity contribution is -0.918. The summed E-state index contributed by atoms with van der Waals surface area (Å²) in [7, 11) is 0. The third-order valence-corrected chi connectivity index (χ3v) is 5.66. The molecule has 3 nitrogen and oxygen atoms in total. The van der Waals surface area contributed by atoms with Crippen LogP contribution in [0.4, 0.5) is 5.69 Å². The van der Waals surface area contributed by atoms with Gasteiger partial charge in [0.25, 0.3) is 0 Å². The summed E-state index contributed by atoms with van der Waals surface area (Å²) in [5.74, 6) is 0. The lowest BCUT2D eigenvalue weighted by Gasteiger charge is -2.23. The number of anilines is 1. The van der Waals surface area contributed by atoms with E-state index in [1.165, 1.54) is 43.5 Å².